The molecule has 1 heterocycles. The Kier molecular flexibility index (Phi) is 6.12. The summed E-state index contributed by atoms with van der Waals surface area (Å²) < 4.78 is 0. The van der Waals surface area contributed by atoms with E-state index in [9.17, 15) is 4.79 Å². The van der Waals surface area contributed by atoms with Crippen molar-refractivity contribution in [2.75, 3.05) is 18.6 Å². The molecule has 1 aromatic carbocycles. The molecule has 0 aromatic heterocycles. The third-order valence-electron chi connectivity index (χ3n) is 4.27. The fourth-order valence-corrected chi connectivity index (χ4v) is 3.23. The normalized spacial score (nSPS) is 23.6. The van der Waals surface area contributed by atoms with Gasteiger partial charge < -0.3 is 4.90 Å². The molecule has 1 aromatic rings. The molecule has 0 bridgehead atoms. The fraction of sp³-hybridized carbons (Fsp3) is 0.588. The van der Waals surface area contributed by atoms with E-state index >= 15 is 0 Å². The summed E-state index contributed by atoms with van der Waals surface area (Å²) in [5.41, 5.74) is 1.18. The van der Waals surface area contributed by atoms with Gasteiger partial charge in [-0.25, -0.2) is 0 Å². The van der Waals surface area contributed by atoms with Crippen LogP contribution in [0.1, 0.15) is 38.4 Å². The van der Waals surface area contributed by atoms with Crippen LogP contribution >= 0.6 is 11.8 Å². The lowest BCUT2D eigenvalue weighted by molar-refractivity contribution is -0.131. The standard InChI is InChI=1S/C17H26N2OS/c1-4-13(2)15-17(20)19(11-8-12-21-3)16(18-15)14-9-6-5-7-10-14/h5-7,9-10,13,15-16,18H,4,8,11-12H2,1-3H3. The minimum atomic E-state index is -0.0468. The second-order valence-electron chi connectivity index (χ2n) is 5.72. The molecular formula is C17H26N2OS. The van der Waals surface area contributed by atoms with Crippen LogP contribution in [0.25, 0.3) is 0 Å². The highest BCUT2D eigenvalue weighted by molar-refractivity contribution is 7.98. The van der Waals surface area contributed by atoms with Gasteiger partial charge in [-0.3, -0.25) is 10.1 Å². The number of hydrogen-bond acceptors (Lipinski definition) is 3. The second-order valence-corrected chi connectivity index (χ2v) is 6.71. The van der Waals surface area contributed by atoms with Crippen molar-refractivity contribution >= 4 is 17.7 Å². The molecule has 4 heteroatoms. The van der Waals surface area contributed by atoms with Crippen LogP contribution in [0.4, 0.5) is 0 Å². The summed E-state index contributed by atoms with van der Waals surface area (Å²) in [4.78, 5) is 14.8. The van der Waals surface area contributed by atoms with Crippen LogP contribution in [-0.4, -0.2) is 35.4 Å². The highest BCUT2D eigenvalue weighted by Gasteiger charge is 2.41. The number of carbonyl (C=O) groups excluding carboxylic acids is 1. The molecule has 1 N–H and O–H groups in total. The van der Waals surface area contributed by atoms with Crippen LogP contribution in [-0.2, 0) is 4.79 Å². The van der Waals surface area contributed by atoms with Gasteiger partial charge in [0.1, 0.15) is 6.17 Å². The molecule has 116 valence electrons. The van der Waals surface area contributed by atoms with Crippen molar-refractivity contribution in [3.63, 3.8) is 0 Å². The number of carbonyl (C=O) groups is 1. The maximum Gasteiger partial charge on any atom is 0.241 e. The van der Waals surface area contributed by atoms with Gasteiger partial charge in [-0.2, -0.15) is 11.8 Å². The van der Waals surface area contributed by atoms with E-state index in [0.29, 0.717) is 5.92 Å². The lowest BCUT2D eigenvalue weighted by Crippen LogP contribution is -2.36. The first-order chi connectivity index (χ1) is 10.2. The first kappa shape index (κ1) is 16.4. The van der Waals surface area contributed by atoms with Gasteiger partial charge in [0.2, 0.25) is 5.91 Å². The van der Waals surface area contributed by atoms with Gasteiger partial charge in [0, 0.05) is 6.54 Å². The largest absolute Gasteiger partial charge is 0.322 e. The molecule has 3 unspecified atom stereocenters. The highest BCUT2D eigenvalue weighted by Crippen LogP contribution is 2.29. The Bertz CT molecular complexity index is 451. The molecule has 1 aliphatic heterocycles. The number of nitrogens with zero attached hydrogens (tertiary/aromatic N) is 1. The molecule has 0 spiro atoms. The minimum Gasteiger partial charge on any atom is -0.322 e. The van der Waals surface area contributed by atoms with E-state index in [1.165, 1.54) is 5.56 Å². The summed E-state index contributed by atoms with van der Waals surface area (Å²) in [5.74, 6) is 1.73. The summed E-state index contributed by atoms with van der Waals surface area (Å²) in [5, 5.41) is 3.55. The number of amides is 1. The number of benzene rings is 1. The Labute approximate surface area is 132 Å². The summed E-state index contributed by atoms with van der Waals surface area (Å²) >= 11 is 1.84. The molecule has 1 aliphatic rings. The fourth-order valence-electron chi connectivity index (χ4n) is 2.81. The Morgan fingerprint density at radius 1 is 1.33 bits per heavy atom. The molecular weight excluding hydrogens is 280 g/mol. The van der Waals surface area contributed by atoms with Crippen LogP contribution in [0.15, 0.2) is 30.3 Å². The average molecular weight is 306 g/mol. The Morgan fingerprint density at radius 3 is 2.67 bits per heavy atom. The lowest BCUT2D eigenvalue weighted by atomic mass is 9.99. The van der Waals surface area contributed by atoms with Crippen molar-refractivity contribution in [2.45, 2.75) is 38.9 Å². The number of rotatable bonds is 7. The third kappa shape index (κ3) is 3.80. The van der Waals surface area contributed by atoms with Gasteiger partial charge in [0.05, 0.1) is 6.04 Å². The first-order valence-electron chi connectivity index (χ1n) is 7.79. The smallest absolute Gasteiger partial charge is 0.241 e. The zero-order valence-corrected chi connectivity index (χ0v) is 14.0. The van der Waals surface area contributed by atoms with Crippen molar-refractivity contribution in [2.24, 2.45) is 5.92 Å². The zero-order valence-electron chi connectivity index (χ0n) is 13.2. The van der Waals surface area contributed by atoms with E-state index in [2.05, 4.69) is 37.6 Å². The van der Waals surface area contributed by atoms with Crippen molar-refractivity contribution in [1.29, 1.82) is 0 Å². The quantitative estimate of drug-likeness (QED) is 0.785. The highest BCUT2D eigenvalue weighted by atomic mass is 32.2. The van der Waals surface area contributed by atoms with Crippen LogP contribution < -0.4 is 5.32 Å². The topological polar surface area (TPSA) is 32.3 Å². The van der Waals surface area contributed by atoms with Gasteiger partial charge in [-0.05, 0) is 29.9 Å². The molecule has 0 saturated carbocycles. The number of thioether (sulfide) groups is 1. The predicted molar refractivity (Wildman–Crippen MR) is 90.3 cm³/mol. The van der Waals surface area contributed by atoms with Crippen LogP contribution in [0, 0.1) is 5.92 Å². The van der Waals surface area contributed by atoms with Crippen LogP contribution in [0.2, 0.25) is 0 Å². The van der Waals surface area contributed by atoms with E-state index < -0.39 is 0 Å². The maximum atomic E-state index is 12.7. The maximum absolute atomic E-state index is 12.7. The molecule has 2 rings (SSSR count). The van der Waals surface area contributed by atoms with E-state index in [-0.39, 0.29) is 18.1 Å². The molecule has 1 fully saturated rings. The van der Waals surface area contributed by atoms with Crippen molar-refractivity contribution < 1.29 is 4.79 Å². The van der Waals surface area contributed by atoms with E-state index in [0.717, 1.165) is 25.1 Å². The lowest BCUT2D eigenvalue weighted by Gasteiger charge is -2.24. The Morgan fingerprint density at radius 2 is 2.05 bits per heavy atom. The Hall–Kier alpha value is -1.00. The molecule has 1 saturated heterocycles. The molecule has 21 heavy (non-hydrogen) atoms. The molecule has 1 amide bonds. The SMILES string of the molecule is CCC(C)C1NC(c2ccccc2)N(CCCSC)C1=O. The van der Waals surface area contributed by atoms with Gasteiger partial charge in [-0.15, -0.1) is 0 Å². The first-order valence-corrected chi connectivity index (χ1v) is 9.18. The number of nitrogens with one attached hydrogen (secondary N) is 1. The summed E-state index contributed by atoms with van der Waals surface area (Å²) in [6, 6.07) is 10.3. The number of hydrogen-bond donors (Lipinski definition) is 1. The third-order valence-corrected chi connectivity index (χ3v) is 4.97. The molecule has 3 nitrogen and oxygen atoms in total. The van der Waals surface area contributed by atoms with Crippen molar-refractivity contribution in [1.82, 2.24) is 10.2 Å². The predicted octanol–water partition coefficient (Wildman–Crippen LogP) is 3.28. The molecule has 3 atom stereocenters. The van der Waals surface area contributed by atoms with Gasteiger partial charge in [-0.1, -0.05) is 50.6 Å². The van der Waals surface area contributed by atoms with Crippen LogP contribution in [0.3, 0.4) is 0 Å². The second kappa shape index (κ2) is 7.85. The molecule has 0 radical (unpaired) electrons. The van der Waals surface area contributed by atoms with Crippen molar-refractivity contribution in [3.8, 4) is 0 Å². The summed E-state index contributed by atoms with van der Waals surface area (Å²) in [6.45, 7) is 5.13. The zero-order chi connectivity index (χ0) is 15.2. The monoisotopic (exact) mass is 306 g/mol. The van der Waals surface area contributed by atoms with Crippen molar-refractivity contribution in [3.05, 3.63) is 35.9 Å². The van der Waals surface area contributed by atoms with E-state index in [1.807, 2.05) is 34.9 Å². The van der Waals surface area contributed by atoms with Crippen LogP contribution in [0.5, 0.6) is 0 Å². The Balaban J connectivity index is 2.17. The molecule has 0 aliphatic carbocycles. The average Bonchev–Trinajstić information content (AvgIpc) is 2.85. The van der Waals surface area contributed by atoms with Gasteiger partial charge in [0.15, 0.2) is 0 Å². The summed E-state index contributed by atoms with van der Waals surface area (Å²) in [7, 11) is 0. The summed E-state index contributed by atoms with van der Waals surface area (Å²) in [6.07, 6.45) is 4.20. The van der Waals surface area contributed by atoms with E-state index in [1.54, 1.807) is 0 Å². The van der Waals surface area contributed by atoms with Gasteiger partial charge in [0.25, 0.3) is 0 Å². The minimum absolute atomic E-state index is 0.0274. The van der Waals surface area contributed by atoms with E-state index in [4.69, 9.17) is 0 Å². The van der Waals surface area contributed by atoms with Gasteiger partial charge >= 0.3 is 0 Å².